The van der Waals surface area contributed by atoms with Crippen molar-refractivity contribution in [2.45, 2.75) is 52.4 Å². The average molecular weight is 316 g/mol. The molecule has 0 aliphatic heterocycles. The predicted octanol–water partition coefficient (Wildman–Crippen LogP) is 6.35. The summed E-state index contributed by atoms with van der Waals surface area (Å²) in [7, 11) is 0. The van der Waals surface area contributed by atoms with Gasteiger partial charge in [0.15, 0.2) is 0 Å². The molecule has 24 heavy (non-hydrogen) atoms. The second-order valence-corrected chi connectivity index (χ2v) is 8.38. The van der Waals surface area contributed by atoms with Crippen LogP contribution in [0.1, 0.15) is 63.8 Å². The Balaban J connectivity index is 2.14. The average Bonchev–Trinajstić information content (AvgIpc) is 2.51. The molecule has 0 atom stereocenters. The molecule has 0 heterocycles. The first kappa shape index (κ1) is 18.1. The van der Waals surface area contributed by atoms with E-state index in [9.17, 15) is 0 Å². The minimum atomic E-state index is 0.167. The summed E-state index contributed by atoms with van der Waals surface area (Å²) in [5.74, 6) is 6.40. The molecule has 0 saturated carbocycles. The van der Waals surface area contributed by atoms with Crippen molar-refractivity contribution in [1.29, 1.82) is 0 Å². The third-order valence-electron chi connectivity index (χ3n) is 4.21. The van der Waals surface area contributed by atoms with Crippen LogP contribution in [0.25, 0.3) is 5.57 Å². The fourth-order valence-corrected chi connectivity index (χ4v) is 2.44. The molecule has 0 spiro atoms. The molecule has 0 aromatic heterocycles. The maximum Gasteiger partial charge on any atom is 0.0249 e. The van der Waals surface area contributed by atoms with E-state index >= 15 is 0 Å². The van der Waals surface area contributed by atoms with Crippen LogP contribution in [0.15, 0.2) is 55.1 Å². The second kappa shape index (κ2) is 6.70. The quantitative estimate of drug-likeness (QED) is 0.538. The van der Waals surface area contributed by atoms with E-state index in [1.807, 2.05) is 0 Å². The van der Waals surface area contributed by atoms with Gasteiger partial charge in [0.25, 0.3) is 0 Å². The van der Waals surface area contributed by atoms with Crippen molar-refractivity contribution in [3.8, 4) is 11.8 Å². The second-order valence-electron chi connectivity index (χ2n) is 8.38. The van der Waals surface area contributed by atoms with Crippen molar-refractivity contribution in [2.75, 3.05) is 0 Å². The summed E-state index contributed by atoms with van der Waals surface area (Å²) in [6.07, 6.45) is 0. The highest BCUT2D eigenvalue weighted by Gasteiger charge is 2.13. The highest BCUT2D eigenvalue weighted by Crippen LogP contribution is 2.24. The summed E-state index contributed by atoms with van der Waals surface area (Å²) in [4.78, 5) is 0. The molecule has 0 bridgehead atoms. The van der Waals surface area contributed by atoms with Gasteiger partial charge >= 0.3 is 0 Å². The van der Waals surface area contributed by atoms with Crippen molar-refractivity contribution >= 4 is 5.57 Å². The van der Waals surface area contributed by atoms with Crippen LogP contribution >= 0.6 is 0 Å². The third-order valence-corrected chi connectivity index (χ3v) is 4.21. The molecule has 0 aliphatic rings. The van der Waals surface area contributed by atoms with E-state index in [2.05, 4.69) is 108 Å². The van der Waals surface area contributed by atoms with Gasteiger partial charge in [0.2, 0.25) is 0 Å². The van der Waals surface area contributed by atoms with Crippen LogP contribution in [0.5, 0.6) is 0 Å². The van der Waals surface area contributed by atoms with Crippen molar-refractivity contribution in [3.05, 3.63) is 77.4 Å². The lowest BCUT2D eigenvalue weighted by Gasteiger charge is -2.19. The van der Waals surface area contributed by atoms with E-state index in [0.717, 1.165) is 16.7 Å². The fraction of sp³-hybridized carbons (Fsp3) is 0.333. The van der Waals surface area contributed by atoms with Gasteiger partial charge in [-0.05, 0) is 39.7 Å². The van der Waals surface area contributed by atoms with E-state index in [1.54, 1.807) is 0 Å². The molecule has 0 amide bonds. The highest BCUT2D eigenvalue weighted by molar-refractivity contribution is 5.77. The summed E-state index contributed by atoms with van der Waals surface area (Å²) >= 11 is 0. The van der Waals surface area contributed by atoms with Crippen molar-refractivity contribution in [1.82, 2.24) is 0 Å². The number of hydrogen-bond donors (Lipinski definition) is 0. The number of hydrogen-bond acceptors (Lipinski definition) is 0. The topological polar surface area (TPSA) is 0 Å². The minimum Gasteiger partial charge on any atom is -0.0827 e. The Morgan fingerprint density at radius 1 is 0.708 bits per heavy atom. The first-order valence-corrected chi connectivity index (χ1v) is 8.50. The zero-order valence-electron chi connectivity index (χ0n) is 15.8. The largest absolute Gasteiger partial charge is 0.0827 e. The van der Waals surface area contributed by atoms with Crippen LogP contribution < -0.4 is 0 Å². The normalized spacial score (nSPS) is 11.6. The maximum absolute atomic E-state index is 4.12. The van der Waals surface area contributed by atoms with Gasteiger partial charge in [-0.25, -0.2) is 0 Å². The van der Waals surface area contributed by atoms with Gasteiger partial charge in [0.05, 0.1) is 0 Å². The Morgan fingerprint density at radius 3 is 1.54 bits per heavy atom. The Kier molecular flexibility index (Phi) is 5.05. The molecule has 0 N–H and O–H groups in total. The summed E-state index contributed by atoms with van der Waals surface area (Å²) < 4.78 is 0. The molecule has 2 rings (SSSR count). The van der Waals surface area contributed by atoms with Crippen LogP contribution in [0, 0.1) is 11.8 Å². The van der Waals surface area contributed by atoms with Crippen LogP contribution in [0.2, 0.25) is 0 Å². The van der Waals surface area contributed by atoms with Crippen LogP contribution in [0.4, 0.5) is 0 Å². The van der Waals surface area contributed by atoms with Crippen molar-refractivity contribution in [2.24, 2.45) is 0 Å². The highest BCUT2D eigenvalue weighted by atomic mass is 14.2. The first-order valence-electron chi connectivity index (χ1n) is 8.50. The molecule has 0 unspecified atom stereocenters. The molecule has 0 nitrogen and oxygen atoms in total. The Labute approximate surface area is 147 Å². The monoisotopic (exact) mass is 316 g/mol. The lowest BCUT2D eigenvalue weighted by molar-refractivity contribution is 0.590. The van der Waals surface area contributed by atoms with Gasteiger partial charge in [-0.2, -0.15) is 0 Å². The van der Waals surface area contributed by atoms with Crippen LogP contribution in [-0.4, -0.2) is 0 Å². The van der Waals surface area contributed by atoms with Crippen molar-refractivity contribution < 1.29 is 0 Å². The fourth-order valence-electron chi connectivity index (χ4n) is 2.44. The van der Waals surface area contributed by atoms with E-state index in [0.29, 0.717) is 0 Å². The summed E-state index contributed by atoms with van der Waals surface area (Å²) in [5, 5.41) is 0. The standard InChI is InChI=1S/C24H28/c1-18(20-12-16-22(17-13-20)24(5,6)7)8-9-19-10-14-21(15-11-19)23(2,3)4/h10-17H,1H2,2-7H3. The van der Waals surface area contributed by atoms with Gasteiger partial charge < -0.3 is 0 Å². The maximum atomic E-state index is 4.12. The SMILES string of the molecule is C=C(C#Cc1ccc(C(C)(C)C)cc1)c1ccc(C(C)(C)C)cc1. The molecule has 0 aliphatic carbocycles. The Morgan fingerprint density at radius 2 is 1.12 bits per heavy atom. The van der Waals surface area contributed by atoms with Gasteiger partial charge in [-0.15, -0.1) is 0 Å². The van der Waals surface area contributed by atoms with E-state index in [-0.39, 0.29) is 10.8 Å². The zero-order valence-corrected chi connectivity index (χ0v) is 15.8. The minimum absolute atomic E-state index is 0.167. The molecule has 2 aromatic rings. The predicted molar refractivity (Wildman–Crippen MR) is 106 cm³/mol. The molecule has 2 aromatic carbocycles. The van der Waals surface area contributed by atoms with E-state index in [1.165, 1.54) is 11.1 Å². The molecular weight excluding hydrogens is 288 g/mol. The molecular formula is C24H28. The molecule has 0 heteroatoms. The molecule has 0 fully saturated rings. The Bertz CT molecular complexity index is 762. The zero-order chi connectivity index (χ0) is 18.0. The molecule has 0 radical (unpaired) electrons. The van der Waals surface area contributed by atoms with Crippen molar-refractivity contribution in [3.63, 3.8) is 0 Å². The number of allylic oxidation sites excluding steroid dienone is 1. The van der Waals surface area contributed by atoms with Crippen LogP contribution in [0.3, 0.4) is 0 Å². The summed E-state index contributed by atoms with van der Waals surface area (Å²) in [5.41, 5.74) is 5.95. The van der Waals surface area contributed by atoms with Gasteiger partial charge in [-0.1, -0.05) is 96.4 Å². The number of rotatable bonds is 1. The third kappa shape index (κ3) is 4.62. The molecule has 124 valence electrons. The van der Waals surface area contributed by atoms with Gasteiger partial charge in [0, 0.05) is 11.1 Å². The van der Waals surface area contributed by atoms with Gasteiger partial charge in [0.1, 0.15) is 0 Å². The lowest BCUT2D eigenvalue weighted by atomic mass is 9.86. The van der Waals surface area contributed by atoms with Crippen LogP contribution in [-0.2, 0) is 10.8 Å². The Hall–Kier alpha value is -2.26. The summed E-state index contributed by atoms with van der Waals surface area (Å²) in [6, 6.07) is 17.0. The number of benzene rings is 2. The molecule has 0 saturated heterocycles. The summed E-state index contributed by atoms with van der Waals surface area (Å²) in [6.45, 7) is 17.4. The first-order chi connectivity index (χ1) is 11.1. The van der Waals surface area contributed by atoms with Gasteiger partial charge in [-0.3, -0.25) is 0 Å². The lowest BCUT2D eigenvalue weighted by Crippen LogP contribution is -2.10. The smallest absolute Gasteiger partial charge is 0.0249 e. The van der Waals surface area contributed by atoms with E-state index < -0.39 is 0 Å². The van der Waals surface area contributed by atoms with E-state index in [4.69, 9.17) is 0 Å².